The van der Waals surface area contributed by atoms with Crippen LogP contribution in [0.3, 0.4) is 0 Å². The normalized spacial score (nSPS) is 12.0. The first-order valence-electron chi connectivity index (χ1n) is 9.70. The standard InChI is InChI=1S/C24H16ClFN2O3S/c1-30-20-10-9-14(11-21(20)31-13-15-16(25)5-4-6-17(15)26)12-22-23(29)28-19-8-3-2-7-18(19)27-24(28)32-22/h2-12H,13H2,1H3/b22-12+. The average molecular weight is 467 g/mol. The highest BCUT2D eigenvalue weighted by atomic mass is 35.5. The third kappa shape index (κ3) is 3.59. The van der Waals surface area contributed by atoms with Crippen LogP contribution in [0.5, 0.6) is 11.5 Å². The van der Waals surface area contributed by atoms with Crippen LogP contribution in [-0.4, -0.2) is 16.5 Å². The van der Waals surface area contributed by atoms with Crippen LogP contribution in [0.15, 0.2) is 65.5 Å². The minimum Gasteiger partial charge on any atom is -0.493 e. The summed E-state index contributed by atoms with van der Waals surface area (Å²) in [4.78, 5) is 18.2. The Morgan fingerprint density at radius 1 is 1.12 bits per heavy atom. The summed E-state index contributed by atoms with van der Waals surface area (Å²) in [5.74, 6) is 0.466. The molecule has 5 aromatic rings. The highest BCUT2D eigenvalue weighted by molar-refractivity contribution is 7.15. The lowest BCUT2D eigenvalue weighted by atomic mass is 10.2. The van der Waals surface area contributed by atoms with Gasteiger partial charge in [0.05, 0.1) is 27.7 Å². The van der Waals surface area contributed by atoms with E-state index in [1.54, 1.807) is 34.7 Å². The van der Waals surface area contributed by atoms with E-state index in [0.29, 0.717) is 21.0 Å². The van der Waals surface area contributed by atoms with Crippen molar-refractivity contribution in [1.29, 1.82) is 0 Å². The summed E-state index contributed by atoms with van der Waals surface area (Å²) in [6, 6.07) is 17.3. The van der Waals surface area contributed by atoms with Crippen molar-refractivity contribution in [3.8, 4) is 11.5 Å². The number of halogens is 2. The van der Waals surface area contributed by atoms with E-state index in [1.165, 1.54) is 24.5 Å². The Bertz CT molecular complexity index is 1560. The van der Waals surface area contributed by atoms with Crippen molar-refractivity contribution in [1.82, 2.24) is 9.38 Å². The van der Waals surface area contributed by atoms with Gasteiger partial charge >= 0.3 is 0 Å². The molecule has 0 aliphatic heterocycles. The van der Waals surface area contributed by atoms with Gasteiger partial charge in [-0.25, -0.2) is 13.8 Å². The Hall–Kier alpha value is -3.42. The molecule has 32 heavy (non-hydrogen) atoms. The minimum atomic E-state index is -0.440. The Morgan fingerprint density at radius 3 is 2.78 bits per heavy atom. The zero-order chi connectivity index (χ0) is 22.2. The van der Waals surface area contributed by atoms with Crippen LogP contribution in [0, 0.1) is 5.82 Å². The van der Waals surface area contributed by atoms with Crippen LogP contribution in [0.25, 0.3) is 22.1 Å². The molecule has 0 saturated carbocycles. The van der Waals surface area contributed by atoms with Crippen LogP contribution in [0.1, 0.15) is 11.1 Å². The second-order valence-electron chi connectivity index (χ2n) is 7.03. The van der Waals surface area contributed by atoms with E-state index in [1.807, 2.05) is 30.3 Å². The smallest absolute Gasteiger partial charge is 0.274 e. The molecule has 160 valence electrons. The van der Waals surface area contributed by atoms with E-state index in [9.17, 15) is 9.18 Å². The van der Waals surface area contributed by atoms with Gasteiger partial charge in [-0.3, -0.25) is 4.79 Å². The fourth-order valence-electron chi connectivity index (χ4n) is 3.48. The predicted molar refractivity (Wildman–Crippen MR) is 124 cm³/mol. The fourth-order valence-corrected chi connectivity index (χ4v) is 4.68. The van der Waals surface area contributed by atoms with Gasteiger partial charge in [0.25, 0.3) is 5.56 Å². The molecule has 0 fully saturated rings. The Balaban J connectivity index is 1.53. The number of benzene rings is 3. The first-order chi connectivity index (χ1) is 15.5. The van der Waals surface area contributed by atoms with E-state index >= 15 is 0 Å². The molecule has 0 spiro atoms. The topological polar surface area (TPSA) is 52.8 Å². The van der Waals surface area contributed by atoms with Crippen molar-refractivity contribution in [3.05, 3.63) is 97.5 Å². The van der Waals surface area contributed by atoms with E-state index in [0.717, 1.165) is 16.6 Å². The van der Waals surface area contributed by atoms with Gasteiger partial charge in [-0.05, 0) is 48.0 Å². The van der Waals surface area contributed by atoms with Gasteiger partial charge in [-0.2, -0.15) is 0 Å². The summed E-state index contributed by atoms with van der Waals surface area (Å²) in [5.41, 5.74) is 2.44. The number of para-hydroxylation sites is 2. The maximum absolute atomic E-state index is 14.1. The molecule has 0 bridgehead atoms. The lowest BCUT2D eigenvalue weighted by Gasteiger charge is -2.12. The molecule has 3 aromatic carbocycles. The largest absolute Gasteiger partial charge is 0.493 e. The first kappa shape index (κ1) is 20.5. The van der Waals surface area contributed by atoms with E-state index in [-0.39, 0.29) is 22.8 Å². The number of thiazole rings is 1. The van der Waals surface area contributed by atoms with Crippen molar-refractivity contribution in [2.75, 3.05) is 7.11 Å². The van der Waals surface area contributed by atoms with Crippen molar-refractivity contribution in [2.45, 2.75) is 6.61 Å². The van der Waals surface area contributed by atoms with E-state index in [2.05, 4.69) is 4.98 Å². The second-order valence-corrected chi connectivity index (χ2v) is 8.45. The van der Waals surface area contributed by atoms with Crippen LogP contribution in [0.4, 0.5) is 4.39 Å². The summed E-state index contributed by atoms with van der Waals surface area (Å²) in [6.45, 7) is -0.0586. The number of hydrogen-bond acceptors (Lipinski definition) is 5. The molecule has 8 heteroatoms. The molecule has 0 aliphatic rings. The van der Waals surface area contributed by atoms with Crippen LogP contribution >= 0.6 is 22.9 Å². The number of hydrogen-bond donors (Lipinski definition) is 0. The molecule has 0 amide bonds. The lowest BCUT2D eigenvalue weighted by Crippen LogP contribution is -2.22. The van der Waals surface area contributed by atoms with Crippen LogP contribution < -0.4 is 19.6 Å². The zero-order valence-corrected chi connectivity index (χ0v) is 18.4. The summed E-state index contributed by atoms with van der Waals surface area (Å²) in [6.07, 6.45) is 1.78. The minimum absolute atomic E-state index is 0.0586. The van der Waals surface area contributed by atoms with Gasteiger partial charge in [0, 0.05) is 5.56 Å². The fraction of sp³-hybridized carbons (Fsp3) is 0.0833. The number of methoxy groups -OCH3 is 1. The van der Waals surface area contributed by atoms with Crippen LogP contribution in [-0.2, 0) is 6.61 Å². The van der Waals surface area contributed by atoms with Crippen molar-refractivity contribution < 1.29 is 13.9 Å². The Kier molecular flexibility index (Phi) is 5.28. The molecule has 0 radical (unpaired) electrons. The van der Waals surface area contributed by atoms with Crippen LogP contribution in [0.2, 0.25) is 5.02 Å². The molecular formula is C24H16ClFN2O3S. The Labute approximate surface area is 190 Å². The number of nitrogens with zero attached hydrogens (tertiary/aromatic N) is 2. The quantitative estimate of drug-likeness (QED) is 0.372. The maximum atomic E-state index is 14.1. The van der Waals surface area contributed by atoms with Gasteiger partial charge in [0.1, 0.15) is 12.4 Å². The number of aromatic nitrogens is 2. The molecule has 2 aromatic heterocycles. The third-order valence-corrected chi connectivity index (χ3v) is 6.39. The average Bonchev–Trinajstić information content (AvgIpc) is 3.29. The molecular weight excluding hydrogens is 451 g/mol. The highest BCUT2D eigenvalue weighted by Gasteiger charge is 2.13. The number of fused-ring (bicyclic) bond motifs is 3. The highest BCUT2D eigenvalue weighted by Crippen LogP contribution is 2.30. The molecule has 2 heterocycles. The third-order valence-electron chi connectivity index (χ3n) is 5.06. The summed E-state index contributed by atoms with van der Waals surface area (Å²) in [7, 11) is 1.52. The van der Waals surface area contributed by atoms with E-state index in [4.69, 9.17) is 21.1 Å². The second kappa shape index (κ2) is 8.26. The Morgan fingerprint density at radius 2 is 1.97 bits per heavy atom. The van der Waals surface area contributed by atoms with Gasteiger partial charge in [0.2, 0.25) is 0 Å². The summed E-state index contributed by atoms with van der Waals surface area (Å²) in [5, 5.41) is 0.289. The van der Waals surface area contributed by atoms with Gasteiger partial charge in [-0.15, -0.1) is 0 Å². The van der Waals surface area contributed by atoms with Crippen molar-refractivity contribution >= 4 is 45.0 Å². The van der Waals surface area contributed by atoms with E-state index < -0.39 is 5.82 Å². The summed E-state index contributed by atoms with van der Waals surface area (Å²) < 4.78 is 27.4. The lowest BCUT2D eigenvalue weighted by molar-refractivity contribution is 0.280. The number of ether oxygens (including phenoxy) is 2. The first-order valence-corrected chi connectivity index (χ1v) is 10.9. The molecule has 0 unspecified atom stereocenters. The monoisotopic (exact) mass is 466 g/mol. The molecule has 5 rings (SSSR count). The van der Waals surface area contributed by atoms with Gasteiger partial charge in [0.15, 0.2) is 16.5 Å². The number of imidazole rings is 1. The maximum Gasteiger partial charge on any atom is 0.274 e. The molecule has 0 N–H and O–H groups in total. The molecule has 0 saturated heterocycles. The SMILES string of the molecule is COc1ccc(/C=c2/sc3nc4ccccc4n3c2=O)cc1OCc1c(F)cccc1Cl. The van der Waals surface area contributed by atoms with Gasteiger partial charge < -0.3 is 9.47 Å². The number of rotatable bonds is 5. The molecule has 0 aliphatic carbocycles. The summed E-state index contributed by atoms with van der Waals surface area (Å²) >= 11 is 7.41. The predicted octanol–water partition coefficient (Wildman–Crippen LogP) is 4.84. The molecule has 0 atom stereocenters. The molecule has 5 nitrogen and oxygen atoms in total. The zero-order valence-electron chi connectivity index (χ0n) is 16.8. The van der Waals surface area contributed by atoms with Gasteiger partial charge in [-0.1, -0.05) is 47.2 Å². The van der Waals surface area contributed by atoms with Crippen molar-refractivity contribution in [2.24, 2.45) is 0 Å². The van der Waals surface area contributed by atoms with Crippen molar-refractivity contribution in [3.63, 3.8) is 0 Å².